The maximum absolute atomic E-state index is 12.6. The summed E-state index contributed by atoms with van der Waals surface area (Å²) in [7, 11) is -3.94. The van der Waals surface area contributed by atoms with Crippen LogP contribution in [0.1, 0.15) is 27.7 Å². The molecule has 114 valence electrons. The first-order chi connectivity index (χ1) is 8.75. The Morgan fingerprint density at radius 2 is 1.63 bits per heavy atom. The van der Waals surface area contributed by atoms with Crippen LogP contribution in [0.25, 0.3) is 0 Å². The first-order valence-electron chi connectivity index (χ1n) is 5.80. The molecule has 0 N–H and O–H groups in total. The van der Waals surface area contributed by atoms with Crippen LogP contribution < -0.4 is 0 Å². The van der Waals surface area contributed by atoms with Gasteiger partial charge in [0.2, 0.25) is 6.29 Å². The molecule has 0 saturated heterocycles. The smallest absolute Gasteiger partial charge is 0.373 e. The van der Waals surface area contributed by atoms with E-state index in [9.17, 15) is 9.36 Å². The molecule has 19 heavy (non-hydrogen) atoms. The molecule has 6 nitrogen and oxygen atoms in total. The van der Waals surface area contributed by atoms with Crippen LogP contribution in [0.5, 0.6) is 0 Å². The van der Waals surface area contributed by atoms with E-state index in [4.69, 9.17) is 41.7 Å². The largest absolute Gasteiger partial charge is 0.432 e. The average molecular weight is 337 g/mol. The van der Waals surface area contributed by atoms with Gasteiger partial charge in [-0.25, -0.2) is 0 Å². The van der Waals surface area contributed by atoms with Crippen molar-refractivity contribution >= 4 is 36.8 Å². The lowest BCUT2D eigenvalue weighted by Crippen LogP contribution is -2.38. The number of hydrogen-bond donors (Lipinski definition) is 0. The summed E-state index contributed by atoms with van der Waals surface area (Å²) in [6.45, 7) is 6.30. The zero-order valence-electron chi connectivity index (χ0n) is 11.4. The van der Waals surface area contributed by atoms with Crippen LogP contribution in [-0.4, -0.2) is 36.2 Å². The van der Waals surface area contributed by atoms with Crippen molar-refractivity contribution in [1.82, 2.24) is 0 Å². The van der Waals surface area contributed by atoms with Gasteiger partial charge in [-0.2, -0.15) is 0 Å². The normalized spacial score (nSPS) is 14.2. The van der Waals surface area contributed by atoms with Crippen molar-refractivity contribution in [3.63, 3.8) is 0 Å². The summed E-state index contributed by atoms with van der Waals surface area (Å²) in [5.74, 6) is -0.677. The number of esters is 1. The molecule has 0 radical (unpaired) electrons. The molecule has 0 fully saturated rings. The summed E-state index contributed by atoms with van der Waals surface area (Å²) < 4.78 is 30.4. The van der Waals surface area contributed by atoms with Crippen molar-refractivity contribution in [2.24, 2.45) is 0 Å². The maximum Gasteiger partial charge on any atom is 0.373 e. The molecule has 0 saturated carbocycles. The highest BCUT2D eigenvalue weighted by molar-refractivity contribution is 7.60. The van der Waals surface area contributed by atoms with Crippen LogP contribution in [0.2, 0.25) is 0 Å². The Labute approximate surface area is 123 Å². The third-order valence-electron chi connectivity index (χ3n) is 1.84. The van der Waals surface area contributed by atoms with Gasteiger partial charge in [0.05, 0.1) is 13.2 Å². The number of hydrogen-bond acceptors (Lipinski definition) is 6. The lowest BCUT2D eigenvalue weighted by Gasteiger charge is -2.33. The van der Waals surface area contributed by atoms with E-state index in [1.807, 2.05) is 0 Å². The molecule has 0 aliphatic heterocycles. The highest BCUT2D eigenvalue weighted by Gasteiger charge is 2.57. The molecule has 0 aromatic heterocycles. The van der Waals surface area contributed by atoms with Gasteiger partial charge in [-0.05, 0) is 20.8 Å². The van der Waals surface area contributed by atoms with E-state index in [1.165, 1.54) is 0 Å². The highest BCUT2D eigenvalue weighted by Crippen LogP contribution is 2.66. The molecule has 0 aromatic rings. The Balaban J connectivity index is 5.31. The standard InChI is InChI=1S/C10H19Cl2O6P/c1-5-15-9(18-8(4)13)10(11,12)19(14,16-6-2)17-7-3/h9H,5-7H2,1-4H3. The summed E-state index contributed by atoms with van der Waals surface area (Å²) in [4.78, 5) is 11.0. The van der Waals surface area contributed by atoms with Crippen molar-refractivity contribution in [2.45, 2.75) is 38.1 Å². The van der Waals surface area contributed by atoms with Gasteiger partial charge < -0.3 is 18.5 Å². The first-order valence-corrected chi connectivity index (χ1v) is 8.10. The van der Waals surface area contributed by atoms with Crippen molar-refractivity contribution < 1.29 is 27.9 Å². The van der Waals surface area contributed by atoms with Gasteiger partial charge in [0.1, 0.15) is 0 Å². The molecule has 0 rings (SSSR count). The zero-order chi connectivity index (χ0) is 15.1. The van der Waals surface area contributed by atoms with Crippen molar-refractivity contribution in [3.05, 3.63) is 0 Å². The second-order valence-corrected chi connectivity index (χ2v) is 7.45. The van der Waals surface area contributed by atoms with Gasteiger partial charge in [-0.15, -0.1) is 0 Å². The van der Waals surface area contributed by atoms with E-state index in [1.54, 1.807) is 20.8 Å². The van der Waals surface area contributed by atoms with Crippen LogP contribution in [-0.2, 0) is 27.9 Å². The Morgan fingerprint density at radius 1 is 1.16 bits per heavy atom. The predicted molar refractivity (Wildman–Crippen MR) is 72.5 cm³/mol. The first kappa shape index (κ1) is 19.2. The summed E-state index contributed by atoms with van der Waals surface area (Å²) in [6, 6.07) is 0. The van der Waals surface area contributed by atoms with Gasteiger partial charge in [0.15, 0.2) is 0 Å². The van der Waals surface area contributed by atoms with Gasteiger partial charge in [0.25, 0.3) is 4.07 Å². The second-order valence-electron chi connectivity index (χ2n) is 3.32. The van der Waals surface area contributed by atoms with Crippen LogP contribution in [0.15, 0.2) is 0 Å². The molecule has 0 aliphatic carbocycles. The lowest BCUT2D eigenvalue weighted by molar-refractivity contribution is -0.175. The highest BCUT2D eigenvalue weighted by atomic mass is 35.5. The van der Waals surface area contributed by atoms with E-state index in [2.05, 4.69) is 0 Å². The molecule has 0 heterocycles. The third-order valence-corrected chi connectivity index (χ3v) is 5.57. The SMILES string of the molecule is CCOC(OC(C)=O)C(Cl)(Cl)P(=O)(OCC)OCC. The molecule has 0 spiro atoms. The Kier molecular flexibility index (Phi) is 8.52. The Bertz CT molecular complexity index is 326. The van der Waals surface area contributed by atoms with Gasteiger partial charge >= 0.3 is 13.6 Å². The van der Waals surface area contributed by atoms with E-state index in [0.717, 1.165) is 6.92 Å². The van der Waals surface area contributed by atoms with Crippen molar-refractivity contribution in [1.29, 1.82) is 0 Å². The fraction of sp³-hybridized carbons (Fsp3) is 0.900. The maximum atomic E-state index is 12.6. The van der Waals surface area contributed by atoms with Crippen molar-refractivity contribution in [3.8, 4) is 0 Å². The number of rotatable bonds is 9. The summed E-state index contributed by atoms with van der Waals surface area (Å²) in [5, 5.41) is 0. The molecular weight excluding hydrogens is 318 g/mol. The molecule has 9 heteroatoms. The minimum Gasteiger partial charge on any atom is -0.432 e. The van der Waals surface area contributed by atoms with Crippen LogP contribution in [0, 0.1) is 0 Å². The molecule has 1 unspecified atom stereocenters. The topological polar surface area (TPSA) is 71.1 Å². The van der Waals surface area contributed by atoms with Gasteiger partial charge in [-0.1, -0.05) is 23.2 Å². The number of carbonyl (C=O) groups excluding carboxylic acids is 1. The molecule has 0 aromatic carbocycles. The monoisotopic (exact) mass is 336 g/mol. The van der Waals surface area contributed by atoms with Crippen molar-refractivity contribution in [2.75, 3.05) is 19.8 Å². The molecular formula is C10H19Cl2O6P. The summed E-state index contributed by atoms with van der Waals surface area (Å²) in [6.07, 6.45) is -1.46. The summed E-state index contributed by atoms with van der Waals surface area (Å²) in [5.41, 5.74) is 0. The Hall–Kier alpha value is 0.160. The van der Waals surface area contributed by atoms with Gasteiger partial charge in [-0.3, -0.25) is 9.36 Å². The predicted octanol–water partition coefficient (Wildman–Crippen LogP) is 3.31. The Morgan fingerprint density at radius 3 is 1.95 bits per heavy atom. The van der Waals surface area contributed by atoms with E-state index < -0.39 is 23.9 Å². The fourth-order valence-corrected chi connectivity index (χ4v) is 3.47. The third kappa shape index (κ3) is 5.21. The number of carbonyl (C=O) groups is 1. The quantitative estimate of drug-likeness (QED) is 0.278. The van der Waals surface area contributed by atoms with Crippen LogP contribution in [0.4, 0.5) is 0 Å². The number of halogens is 2. The van der Waals surface area contributed by atoms with Crippen LogP contribution >= 0.6 is 30.8 Å². The van der Waals surface area contributed by atoms with E-state index in [-0.39, 0.29) is 19.8 Å². The molecule has 0 aliphatic rings. The zero-order valence-corrected chi connectivity index (χ0v) is 13.8. The minimum atomic E-state index is -3.94. The molecule has 0 bridgehead atoms. The van der Waals surface area contributed by atoms with Gasteiger partial charge in [0, 0.05) is 13.5 Å². The fourth-order valence-electron chi connectivity index (χ4n) is 1.19. The number of alkyl halides is 2. The number of ether oxygens (including phenoxy) is 2. The van der Waals surface area contributed by atoms with E-state index >= 15 is 0 Å². The minimum absolute atomic E-state index is 0.0668. The summed E-state index contributed by atoms with van der Waals surface area (Å²) >= 11 is 12.1. The molecule has 0 amide bonds. The molecule has 1 atom stereocenters. The van der Waals surface area contributed by atoms with Crippen LogP contribution in [0.3, 0.4) is 0 Å². The second kappa shape index (κ2) is 8.45. The average Bonchev–Trinajstić information content (AvgIpc) is 2.28. The van der Waals surface area contributed by atoms with E-state index in [0.29, 0.717) is 0 Å². The lowest BCUT2D eigenvalue weighted by atomic mass is 10.6.